The lowest BCUT2D eigenvalue weighted by Crippen LogP contribution is -2.49. The molecule has 1 amide bonds. The zero-order valence-electron chi connectivity index (χ0n) is 19.2. The standard InChI is InChI=1S/C26H27N3O4/c1-16-18(3)32-22-15-23-21(14-20(16)22)17(2)19(26(31)33-23)7-8-25(30)29-12-10-28(11-13-29)24-6-4-5-9-27-24/h4-6,9,14-15H,7-8,10-13H2,1-3H3. The van der Waals surface area contributed by atoms with Crippen molar-refractivity contribution < 1.29 is 13.6 Å². The Morgan fingerprint density at radius 1 is 0.970 bits per heavy atom. The Morgan fingerprint density at radius 3 is 2.42 bits per heavy atom. The first-order valence-corrected chi connectivity index (χ1v) is 11.3. The van der Waals surface area contributed by atoms with E-state index in [1.54, 1.807) is 12.3 Å². The molecule has 7 heteroatoms. The second-order valence-corrected chi connectivity index (χ2v) is 8.68. The van der Waals surface area contributed by atoms with Crippen LogP contribution in [0.15, 0.2) is 50.2 Å². The Labute approximate surface area is 191 Å². The number of nitrogens with zero attached hydrogens (tertiary/aromatic N) is 3. The molecule has 1 aliphatic heterocycles. The summed E-state index contributed by atoms with van der Waals surface area (Å²) in [6.45, 7) is 8.68. The first kappa shape index (κ1) is 21.2. The average molecular weight is 446 g/mol. The number of pyridine rings is 1. The molecule has 0 aliphatic carbocycles. The van der Waals surface area contributed by atoms with Gasteiger partial charge >= 0.3 is 5.63 Å². The highest BCUT2D eigenvalue weighted by molar-refractivity contribution is 5.96. The molecular weight excluding hydrogens is 418 g/mol. The Bertz CT molecular complexity index is 1400. The Morgan fingerprint density at radius 2 is 1.70 bits per heavy atom. The van der Waals surface area contributed by atoms with Crippen LogP contribution in [-0.2, 0) is 11.2 Å². The van der Waals surface area contributed by atoms with Gasteiger partial charge in [-0.15, -0.1) is 0 Å². The third-order valence-corrected chi connectivity index (χ3v) is 6.78. The highest BCUT2D eigenvalue weighted by Crippen LogP contribution is 2.31. The first-order chi connectivity index (χ1) is 15.9. The van der Waals surface area contributed by atoms with Gasteiger partial charge in [0.05, 0.1) is 0 Å². The number of aryl methyl sites for hydroxylation is 3. The number of furan rings is 1. The molecule has 4 aromatic rings. The molecule has 0 radical (unpaired) electrons. The molecule has 33 heavy (non-hydrogen) atoms. The Balaban J connectivity index is 1.31. The molecule has 3 aromatic heterocycles. The maximum Gasteiger partial charge on any atom is 0.339 e. The quantitative estimate of drug-likeness (QED) is 0.439. The van der Waals surface area contributed by atoms with Crippen LogP contribution >= 0.6 is 0 Å². The monoisotopic (exact) mass is 445 g/mol. The molecule has 1 aliphatic rings. The van der Waals surface area contributed by atoms with Crippen molar-refractivity contribution in [3.8, 4) is 0 Å². The van der Waals surface area contributed by atoms with Crippen molar-refractivity contribution in [1.29, 1.82) is 0 Å². The van der Waals surface area contributed by atoms with Gasteiger partial charge in [-0.25, -0.2) is 9.78 Å². The van der Waals surface area contributed by atoms with E-state index in [1.165, 1.54) is 0 Å². The van der Waals surface area contributed by atoms with Crippen LogP contribution in [0.2, 0.25) is 0 Å². The molecule has 0 bridgehead atoms. The highest BCUT2D eigenvalue weighted by atomic mass is 16.4. The minimum Gasteiger partial charge on any atom is -0.461 e. The molecule has 5 rings (SSSR count). The van der Waals surface area contributed by atoms with Gasteiger partial charge in [0.25, 0.3) is 0 Å². The molecule has 0 unspecified atom stereocenters. The number of anilines is 1. The van der Waals surface area contributed by atoms with Gasteiger partial charge in [0.1, 0.15) is 22.7 Å². The van der Waals surface area contributed by atoms with Gasteiger partial charge in [-0.2, -0.15) is 0 Å². The fraction of sp³-hybridized carbons (Fsp3) is 0.346. The number of hydrogen-bond donors (Lipinski definition) is 0. The van der Waals surface area contributed by atoms with Crippen LogP contribution < -0.4 is 10.5 Å². The van der Waals surface area contributed by atoms with E-state index >= 15 is 0 Å². The van der Waals surface area contributed by atoms with E-state index in [1.807, 2.05) is 49.9 Å². The summed E-state index contributed by atoms with van der Waals surface area (Å²) >= 11 is 0. The third kappa shape index (κ3) is 3.88. The smallest absolute Gasteiger partial charge is 0.339 e. The normalized spacial score (nSPS) is 14.4. The number of carbonyl (C=O) groups excluding carboxylic acids is 1. The van der Waals surface area contributed by atoms with Crippen molar-refractivity contribution in [3.63, 3.8) is 0 Å². The second-order valence-electron chi connectivity index (χ2n) is 8.68. The van der Waals surface area contributed by atoms with E-state index < -0.39 is 0 Å². The van der Waals surface area contributed by atoms with Crippen LogP contribution in [0, 0.1) is 20.8 Å². The summed E-state index contributed by atoms with van der Waals surface area (Å²) in [5, 5.41) is 1.90. The predicted octanol–water partition coefficient (Wildman–Crippen LogP) is 4.14. The van der Waals surface area contributed by atoms with Crippen molar-refractivity contribution in [2.24, 2.45) is 0 Å². The minimum atomic E-state index is -0.382. The number of amides is 1. The zero-order valence-corrected chi connectivity index (χ0v) is 19.2. The lowest BCUT2D eigenvalue weighted by molar-refractivity contribution is -0.131. The van der Waals surface area contributed by atoms with Gasteiger partial charge in [0.15, 0.2) is 0 Å². The van der Waals surface area contributed by atoms with Gasteiger partial charge in [-0.05, 0) is 56.5 Å². The van der Waals surface area contributed by atoms with Gasteiger partial charge in [-0.1, -0.05) is 6.07 Å². The summed E-state index contributed by atoms with van der Waals surface area (Å²) in [7, 11) is 0. The van der Waals surface area contributed by atoms with Crippen LogP contribution in [0.25, 0.3) is 21.9 Å². The van der Waals surface area contributed by atoms with E-state index in [9.17, 15) is 9.59 Å². The maximum atomic E-state index is 12.9. The third-order valence-electron chi connectivity index (χ3n) is 6.78. The van der Waals surface area contributed by atoms with Crippen molar-refractivity contribution in [2.45, 2.75) is 33.6 Å². The summed E-state index contributed by atoms with van der Waals surface area (Å²) in [6, 6.07) is 9.66. The van der Waals surface area contributed by atoms with Crippen LogP contribution in [0.5, 0.6) is 0 Å². The van der Waals surface area contributed by atoms with Crippen LogP contribution in [0.1, 0.15) is 28.9 Å². The summed E-state index contributed by atoms with van der Waals surface area (Å²) in [5.41, 5.74) is 3.37. The van der Waals surface area contributed by atoms with E-state index in [0.717, 1.165) is 46.6 Å². The lowest BCUT2D eigenvalue weighted by Gasteiger charge is -2.35. The molecule has 4 heterocycles. The van der Waals surface area contributed by atoms with Crippen LogP contribution in [-0.4, -0.2) is 42.0 Å². The number of aromatic nitrogens is 1. The number of carbonyl (C=O) groups is 1. The van der Waals surface area contributed by atoms with Crippen molar-refractivity contribution >= 4 is 33.7 Å². The van der Waals surface area contributed by atoms with E-state index in [4.69, 9.17) is 8.83 Å². The number of rotatable bonds is 4. The van der Waals surface area contributed by atoms with Gasteiger partial charge in [0, 0.05) is 61.2 Å². The molecule has 1 saturated heterocycles. The van der Waals surface area contributed by atoms with Crippen LogP contribution in [0.4, 0.5) is 5.82 Å². The number of piperazine rings is 1. The topological polar surface area (TPSA) is 79.8 Å². The van der Waals surface area contributed by atoms with E-state index in [-0.39, 0.29) is 18.0 Å². The van der Waals surface area contributed by atoms with Gasteiger partial charge in [-0.3, -0.25) is 4.79 Å². The number of fused-ring (bicyclic) bond motifs is 2. The highest BCUT2D eigenvalue weighted by Gasteiger charge is 2.23. The van der Waals surface area contributed by atoms with E-state index in [0.29, 0.717) is 36.2 Å². The van der Waals surface area contributed by atoms with Crippen molar-refractivity contribution in [3.05, 3.63) is 69.4 Å². The molecule has 0 spiro atoms. The molecule has 1 aromatic carbocycles. The number of benzene rings is 1. The molecule has 0 N–H and O–H groups in total. The molecule has 0 atom stereocenters. The van der Waals surface area contributed by atoms with Gasteiger partial charge < -0.3 is 18.6 Å². The predicted molar refractivity (Wildman–Crippen MR) is 128 cm³/mol. The molecule has 170 valence electrons. The molecule has 0 saturated carbocycles. The average Bonchev–Trinajstić information content (AvgIpc) is 3.11. The summed E-state index contributed by atoms with van der Waals surface area (Å²) in [5.74, 6) is 1.85. The summed E-state index contributed by atoms with van der Waals surface area (Å²) < 4.78 is 11.4. The molecule has 1 fully saturated rings. The largest absolute Gasteiger partial charge is 0.461 e. The second kappa shape index (κ2) is 8.39. The fourth-order valence-corrected chi connectivity index (χ4v) is 4.63. The minimum absolute atomic E-state index is 0.0614. The lowest BCUT2D eigenvalue weighted by atomic mass is 10.00. The summed E-state index contributed by atoms with van der Waals surface area (Å²) in [4.78, 5) is 34.0. The SMILES string of the molecule is Cc1oc2cc3oc(=O)c(CCC(=O)N4CCN(c5ccccn5)CC4)c(C)c3cc2c1C. The Kier molecular flexibility index (Phi) is 5.40. The Hall–Kier alpha value is -3.61. The first-order valence-electron chi connectivity index (χ1n) is 11.3. The zero-order chi connectivity index (χ0) is 23.1. The summed E-state index contributed by atoms with van der Waals surface area (Å²) in [6.07, 6.45) is 2.43. The maximum absolute atomic E-state index is 12.9. The van der Waals surface area contributed by atoms with Gasteiger partial charge in [0.2, 0.25) is 5.91 Å². The molecular formula is C26H27N3O4. The fourth-order valence-electron chi connectivity index (χ4n) is 4.63. The van der Waals surface area contributed by atoms with Crippen molar-refractivity contribution in [2.75, 3.05) is 31.1 Å². The number of hydrogen-bond acceptors (Lipinski definition) is 6. The van der Waals surface area contributed by atoms with Crippen molar-refractivity contribution in [1.82, 2.24) is 9.88 Å². The van der Waals surface area contributed by atoms with E-state index in [2.05, 4.69) is 9.88 Å². The molecule has 7 nitrogen and oxygen atoms in total. The van der Waals surface area contributed by atoms with Crippen LogP contribution in [0.3, 0.4) is 0 Å².